The van der Waals surface area contributed by atoms with Crippen LogP contribution < -0.4 is 0 Å². The highest BCUT2D eigenvalue weighted by molar-refractivity contribution is 4.83. The minimum atomic E-state index is -1.30. The molecule has 2 atom stereocenters. The highest BCUT2D eigenvalue weighted by atomic mass is 19.2. The van der Waals surface area contributed by atoms with Gasteiger partial charge in [0.2, 0.25) is 0 Å². The van der Waals surface area contributed by atoms with Crippen LogP contribution in [0.5, 0.6) is 0 Å². The van der Waals surface area contributed by atoms with Crippen LogP contribution in [0.25, 0.3) is 0 Å². The van der Waals surface area contributed by atoms with E-state index in [2.05, 4.69) is 19.6 Å². The summed E-state index contributed by atoms with van der Waals surface area (Å²) in [6, 6.07) is 0. The first-order valence-electron chi connectivity index (χ1n) is 8.45. The maximum atomic E-state index is 11.9. The molecule has 0 heterocycles. The van der Waals surface area contributed by atoms with E-state index < -0.39 is 12.3 Å². The van der Waals surface area contributed by atoms with Crippen LogP contribution in [0.1, 0.15) is 78.6 Å². The molecule has 0 nitrogen and oxygen atoms in total. The Morgan fingerprint density at radius 2 is 1.70 bits per heavy atom. The predicted octanol–water partition coefficient (Wildman–Crippen LogP) is 6.65. The van der Waals surface area contributed by atoms with E-state index in [1.807, 2.05) is 0 Å². The molecule has 0 aromatic heterocycles. The summed E-state index contributed by atoms with van der Waals surface area (Å²) in [5.41, 5.74) is 0. The smallest absolute Gasteiger partial charge is 0.131 e. The molecular weight excluding hydrogens is 254 g/mol. The molecule has 0 saturated heterocycles. The van der Waals surface area contributed by atoms with Gasteiger partial charge in [0.15, 0.2) is 0 Å². The topological polar surface area (TPSA) is 0 Å². The molecule has 1 rings (SSSR count). The minimum Gasteiger partial charge on any atom is -0.245 e. The lowest BCUT2D eigenvalue weighted by molar-refractivity contribution is 0.178. The molecule has 0 radical (unpaired) electrons. The molecular formula is C18H34F2. The molecule has 120 valence electrons. The lowest BCUT2D eigenvalue weighted by Gasteiger charge is -2.26. The summed E-state index contributed by atoms with van der Waals surface area (Å²) in [5, 5.41) is 0. The zero-order chi connectivity index (χ0) is 15.4. The van der Waals surface area contributed by atoms with Crippen LogP contribution in [-0.2, 0) is 0 Å². The SMILES string of the molecule is C=CC1CCC(CCCCC)CC1.CCC(F)C(C)F. The number of rotatable bonds is 7. The fraction of sp³-hybridized carbons (Fsp3) is 0.889. The van der Waals surface area contributed by atoms with E-state index in [4.69, 9.17) is 0 Å². The summed E-state index contributed by atoms with van der Waals surface area (Å²) in [7, 11) is 0. The van der Waals surface area contributed by atoms with Crippen LogP contribution in [0.4, 0.5) is 8.78 Å². The fourth-order valence-electron chi connectivity index (χ4n) is 2.72. The van der Waals surface area contributed by atoms with Crippen molar-refractivity contribution in [3.8, 4) is 0 Å². The maximum absolute atomic E-state index is 11.9. The highest BCUT2D eigenvalue weighted by Gasteiger charge is 2.18. The van der Waals surface area contributed by atoms with E-state index in [1.165, 1.54) is 58.3 Å². The largest absolute Gasteiger partial charge is 0.245 e. The van der Waals surface area contributed by atoms with Crippen molar-refractivity contribution in [2.24, 2.45) is 11.8 Å². The highest BCUT2D eigenvalue weighted by Crippen LogP contribution is 2.32. The Bertz CT molecular complexity index is 217. The van der Waals surface area contributed by atoms with Gasteiger partial charge in [0.1, 0.15) is 12.3 Å². The van der Waals surface area contributed by atoms with Crippen molar-refractivity contribution in [2.75, 3.05) is 0 Å². The molecule has 1 saturated carbocycles. The van der Waals surface area contributed by atoms with Gasteiger partial charge in [-0.05, 0) is 50.9 Å². The summed E-state index contributed by atoms with van der Waals surface area (Å²) in [6.07, 6.45) is 11.3. The van der Waals surface area contributed by atoms with Gasteiger partial charge in [0.05, 0.1) is 0 Å². The molecule has 0 aromatic rings. The number of hydrogen-bond acceptors (Lipinski definition) is 0. The van der Waals surface area contributed by atoms with E-state index in [0.717, 1.165) is 11.8 Å². The number of halogens is 2. The number of hydrogen-bond donors (Lipinski definition) is 0. The Kier molecular flexibility index (Phi) is 12.1. The van der Waals surface area contributed by atoms with Crippen LogP contribution in [-0.4, -0.2) is 12.3 Å². The standard InChI is InChI=1S/C13H24.C5H10F2/c1-3-5-6-7-13-10-8-12(4-2)9-11-13;1-3-5(7)4(2)6/h4,12-13H,2-3,5-11H2,1H3;4-5H,3H2,1-2H3. The summed E-state index contributed by atoms with van der Waals surface area (Å²) in [6.45, 7) is 9.03. The van der Waals surface area contributed by atoms with Gasteiger partial charge in [-0.2, -0.15) is 0 Å². The van der Waals surface area contributed by atoms with Gasteiger partial charge < -0.3 is 0 Å². The predicted molar refractivity (Wildman–Crippen MR) is 85.5 cm³/mol. The first-order valence-corrected chi connectivity index (χ1v) is 8.45. The Morgan fingerprint density at radius 3 is 2.05 bits per heavy atom. The number of allylic oxidation sites excluding steroid dienone is 1. The van der Waals surface area contributed by atoms with Gasteiger partial charge in [-0.15, -0.1) is 6.58 Å². The van der Waals surface area contributed by atoms with E-state index in [-0.39, 0.29) is 6.42 Å². The molecule has 1 aliphatic rings. The van der Waals surface area contributed by atoms with Crippen molar-refractivity contribution in [1.82, 2.24) is 0 Å². The minimum absolute atomic E-state index is 0.275. The number of unbranched alkanes of at least 4 members (excludes halogenated alkanes) is 2. The zero-order valence-corrected chi connectivity index (χ0v) is 13.7. The fourth-order valence-corrected chi connectivity index (χ4v) is 2.72. The lowest BCUT2D eigenvalue weighted by Crippen LogP contribution is -2.12. The molecule has 0 spiro atoms. The van der Waals surface area contributed by atoms with Gasteiger partial charge in [-0.3, -0.25) is 0 Å². The van der Waals surface area contributed by atoms with Gasteiger partial charge in [0, 0.05) is 0 Å². The molecule has 0 amide bonds. The summed E-state index contributed by atoms with van der Waals surface area (Å²) in [5.74, 6) is 1.88. The molecule has 0 bridgehead atoms. The Labute approximate surface area is 125 Å². The van der Waals surface area contributed by atoms with Crippen LogP contribution in [0.3, 0.4) is 0 Å². The monoisotopic (exact) mass is 288 g/mol. The van der Waals surface area contributed by atoms with Crippen molar-refractivity contribution in [3.05, 3.63) is 12.7 Å². The van der Waals surface area contributed by atoms with Gasteiger partial charge in [-0.25, -0.2) is 8.78 Å². The summed E-state index contributed by atoms with van der Waals surface area (Å²) in [4.78, 5) is 0. The molecule has 1 fully saturated rings. The zero-order valence-electron chi connectivity index (χ0n) is 13.7. The third-order valence-corrected chi connectivity index (χ3v) is 4.33. The summed E-state index contributed by atoms with van der Waals surface area (Å²) < 4.78 is 23.6. The van der Waals surface area contributed by atoms with Crippen LogP contribution >= 0.6 is 0 Å². The van der Waals surface area contributed by atoms with Crippen molar-refractivity contribution in [2.45, 2.75) is 90.9 Å². The summed E-state index contributed by atoms with van der Waals surface area (Å²) >= 11 is 0. The molecule has 2 heteroatoms. The van der Waals surface area contributed by atoms with Gasteiger partial charge in [0.25, 0.3) is 0 Å². The van der Waals surface area contributed by atoms with E-state index >= 15 is 0 Å². The van der Waals surface area contributed by atoms with Crippen molar-refractivity contribution >= 4 is 0 Å². The Balaban J connectivity index is 0.000000441. The molecule has 0 N–H and O–H groups in total. The second-order valence-corrected chi connectivity index (χ2v) is 6.11. The van der Waals surface area contributed by atoms with E-state index in [9.17, 15) is 8.78 Å². The normalized spacial score (nSPS) is 25.2. The van der Waals surface area contributed by atoms with Gasteiger partial charge in [-0.1, -0.05) is 45.6 Å². The molecule has 0 aromatic carbocycles. The van der Waals surface area contributed by atoms with Crippen molar-refractivity contribution < 1.29 is 8.78 Å². The second kappa shape index (κ2) is 12.3. The average molecular weight is 288 g/mol. The van der Waals surface area contributed by atoms with Crippen LogP contribution in [0, 0.1) is 11.8 Å². The van der Waals surface area contributed by atoms with Crippen molar-refractivity contribution in [1.29, 1.82) is 0 Å². The molecule has 2 unspecified atom stereocenters. The van der Waals surface area contributed by atoms with Crippen LogP contribution in [0.2, 0.25) is 0 Å². The molecule has 0 aliphatic heterocycles. The first kappa shape index (κ1) is 19.6. The molecule has 1 aliphatic carbocycles. The Morgan fingerprint density at radius 1 is 1.10 bits per heavy atom. The van der Waals surface area contributed by atoms with E-state index in [0.29, 0.717) is 0 Å². The maximum Gasteiger partial charge on any atom is 0.131 e. The average Bonchev–Trinajstić information content (AvgIpc) is 2.48. The third kappa shape index (κ3) is 9.50. The number of alkyl halides is 2. The second-order valence-electron chi connectivity index (χ2n) is 6.11. The van der Waals surface area contributed by atoms with Crippen LogP contribution in [0.15, 0.2) is 12.7 Å². The van der Waals surface area contributed by atoms with Gasteiger partial charge >= 0.3 is 0 Å². The molecule has 20 heavy (non-hydrogen) atoms. The lowest BCUT2D eigenvalue weighted by atomic mass is 9.80. The van der Waals surface area contributed by atoms with E-state index in [1.54, 1.807) is 6.92 Å². The third-order valence-electron chi connectivity index (χ3n) is 4.33. The van der Waals surface area contributed by atoms with Crippen molar-refractivity contribution in [3.63, 3.8) is 0 Å². The quantitative estimate of drug-likeness (QED) is 0.363. The Hall–Kier alpha value is -0.400. The first-order chi connectivity index (χ1) is 9.54.